The average molecular weight is 417 g/mol. The Balaban J connectivity index is 2.01. The molecule has 0 N–H and O–H groups in total. The molecule has 7 heteroatoms. The molecule has 3 nitrogen and oxygen atoms in total. The number of nitrogens with zero attached hydrogens (tertiary/aromatic N) is 3. The van der Waals surface area contributed by atoms with E-state index in [0.717, 1.165) is 32.6 Å². The largest absolute Gasteiger partial charge is 0.408 e. The van der Waals surface area contributed by atoms with Crippen LogP contribution in [-0.4, -0.2) is 28.2 Å². The molecular formula is C23H23F4N3. The van der Waals surface area contributed by atoms with E-state index >= 15 is 0 Å². The van der Waals surface area contributed by atoms with Gasteiger partial charge in [-0.15, -0.1) is 0 Å². The zero-order chi connectivity index (χ0) is 21.6. The smallest absolute Gasteiger partial charge is 0.354 e. The predicted octanol–water partition coefficient (Wildman–Crippen LogP) is 6.24. The molecule has 1 aliphatic carbocycles. The van der Waals surface area contributed by atoms with Gasteiger partial charge in [0.2, 0.25) is 0 Å². The Morgan fingerprint density at radius 2 is 1.90 bits per heavy atom. The van der Waals surface area contributed by atoms with E-state index in [-0.39, 0.29) is 18.4 Å². The second-order valence-electron chi connectivity index (χ2n) is 8.11. The van der Waals surface area contributed by atoms with E-state index in [1.165, 1.54) is 11.0 Å². The highest BCUT2D eigenvalue weighted by molar-refractivity contribution is 5.93. The summed E-state index contributed by atoms with van der Waals surface area (Å²) < 4.78 is 57.2. The molecule has 2 heterocycles. The van der Waals surface area contributed by atoms with Crippen LogP contribution in [0.2, 0.25) is 0 Å². The second-order valence-corrected chi connectivity index (χ2v) is 8.11. The molecule has 0 spiro atoms. The van der Waals surface area contributed by atoms with Crippen LogP contribution in [-0.2, 0) is 0 Å². The second kappa shape index (κ2) is 7.50. The van der Waals surface area contributed by atoms with Crippen molar-refractivity contribution in [2.24, 2.45) is 0 Å². The Morgan fingerprint density at radius 3 is 2.53 bits per heavy atom. The summed E-state index contributed by atoms with van der Waals surface area (Å²) in [4.78, 5) is 1.28. The van der Waals surface area contributed by atoms with E-state index in [1.54, 1.807) is 31.2 Å². The van der Waals surface area contributed by atoms with Gasteiger partial charge in [0.25, 0.3) is 0 Å². The Kier molecular flexibility index (Phi) is 5.13. The monoisotopic (exact) mass is 417 g/mol. The lowest BCUT2D eigenvalue weighted by molar-refractivity contribution is -0.169. The van der Waals surface area contributed by atoms with E-state index in [4.69, 9.17) is 0 Å². The van der Waals surface area contributed by atoms with Gasteiger partial charge in [-0.3, -0.25) is 0 Å². The van der Waals surface area contributed by atoms with Gasteiger partial charge in [-0.1, -0.05) is 25.0 Å². The van der Waals surface area contributed by atoms with Crippen LogP contribution >= 0.6 is 0 Å². The fourth-order valence-electron chi connectivity index (χ4n) is 4.63. The summed E-state index contributed by atoms with van der Waals surface area (Å²) in [5.74, 6) is -0.381. The van der Waals surface area contributed by atoms with Gasteiger partial charge < -0.3 is 9.47 Å². The number of benzene rings is 1. The molecule has 0 bridgehead atoms. The molecule has 1 atom stereocenters. The van der Waals surface area contributed by atoms with E-state index in [1.807, 2.05) is 4.57 Å². The number of fused-ring (bicyclic) bond motifs is 1. The third-order valence-corrected chi connectivity index (χ3v) is 6.27. The normalized spacial score (nSPS) is 18.7. The van der Waals surface area contributed by atoms with Crippen molar-refractivity contribution in [3.05, 3.63) is 53.0 Å². The summed E-state index contributed by atoms with van der Waals surface area (Å²) in [6.07, 6.45) is 4.33. The molecule has 4 rings (SSSR count). The van der Waals surface area contributed by atoms with Crippen molar-refractivity contribution < 1.29 is 17.6 Å². The first-order valence-electron chi connectivity index (χ1n) is 10.2. The lowest BCUT2D eigenvalue weighted by Gasteiger charge is -2.36. The molecule has 158 valence electrons. The summed E-state index contributed by atoms with van der Waals surface area (Å²) in [6, 6.07) is 3.58. The first-order valence-corrected chi connectivity index (χ1v) is 10.2. The molecule has 1 aromatic carbocycles. The zero-order valence-corrected chi connectivity index (χ0v) is 16.9. The molecule has 30 heavy (non-hydrogen) atoms. The minimum Gasteiger partial charge on any atom is -0.354 e. The van der Waals surface area contributed by atoms with Crippen molar-refractivity contribution in [2.45, 2.75) is 57.8 Å². The van der Waals surface area contributed by atoms with Crippen molar-refractivity contribution >= 4 is 16.6 Å². The number of nitriles is 1. The van der Waals surface area contributed by atoms with E-state index in [2.05, 4.69) is 6.07 Å². The Morgan fingerprint density at radius 1 is 1.20 bits per heavy atom. The number of alkyl halides is 3. The molecule has 1 aromatic heterocycles. The molecule has 0 saturated heterocycles. The fourth-order valence-corrected chi connectivity index (χ4v) is 4.63. The molecule has 2 aliphatic rings. The summed E-state index contributed by atoms with van der Waals surface area (Å²) in [7, 11) is 0. The Labute approximate surface area is 172 Å². The molecule has 1 saturated carbocycles. The first kappa shape index (κ1) is 20.5. The number of hydrogen-bond donors (Lipinski definition) is 0. The Bertz CT molecular complexity index is 1080. The molecule has 0 amide bonds. The lowest BCUT2D eigenvalue weighted by Crippen LogP contribution is -2.43. The van der Waals surface area contributed by atoms with Crippen LogP contribution < -0.4 is 0 Å². The fraction of sp³-hybridized carbons (Fsp3) is 0.435. The van der Waals surface area contributed by atoms with Crippen molar-refractivity contribution in [3.8, 4) is 6.07 Å². The highest BCUT2D eigenvalue weighted by Crippen LogP contribution is 2.42. The maximum absolute atomic E-state index is 14.5. The van der Waals surface area contributed by atoms with Crippen molar-refractivity contribution in [1.29, 1.82) is 5.26 Å². The third kappa shape index (κ3) is 3.28. The predicted molar refractivity (Wildman–Crippen MR) is 108 cm³/mol. The maximum Gasteiger partial charge on any atom is 0.408 e. The SMILES string of the molecule is Cc1cc2c(C#N)c(C3=CC=CCN3[C@@H](C)C(F)(F)F)n(C3CCCC3)c2cc1F. The van der Waals surface area contributed by atoms with Gasteiger partial charge in [-0.2, -0.15) is 18.4 Å². The Hall–Kier alpha value is -2.75. The highest BCUT2D eigenvalue weighted by Gasteiger charge is 2.42. The molecule has 1 fully saturated rings. The van der Waals surface area contributed by atoms with Crippen LogP contribution in [0.3, 0.4) is 0 Å². The van der Waals surface area contributed by atoms with Crippen LogP contribution in [0, 0.1) is 24.1 Å². The molecule has 0 unspecified atom stereocenters. The van der Waals surface area contributed by atoms with Gasteiger partial charge in [0.15, 0.2) is 0 Å². The molecule has 0 radical (unpaired) electrons. The van der Waals surface area contributed by atoms with Crippen molar-refractivity contribution in [3.63, 3.8) is 0 Å². The van der Waals surface area contributed by atoms with Crippen molar-refractivity contribution in [2.75, 3.05) is 6.54 Å². The topological polar surface area (TPSA) is 32.0 Å². The minimum absolute atomic E-state index is 0.0292. The summed E-state index contributed by atoms with van der Waals surface area (Å²) >= 11 is 0. The lowest BCUT2D eigenvalue weighted by atomic mass is 10.0. The number of aromatic nitrogens is 1. The summed E-state index contributed by atoms with van der Waals surface area (Å²) in [6.45, 7) is 2.85. The maximum atomic E-state index is 14.5. The van der Waals surface area contributed by atoms with E-state index in [0.29, 0.717) is 33.4 Å². The van der Waals surface area contributed by atoms with Crippen LogP contribution in [0.25, 0.3) is 16.6 Å². The van der Waals surface area contributed by atoms with Crippen LogP contribution in [0.15, 0.2) is 30.4 Å². The number of aryl methyl sites for hydroxylation is 1. The quantitative estimate of drug-likeness (QED) is 0.554. The summed E-state index contributed by atoms with van der Waals surface area (Å²) in [5, 5.41) is 10.6. The highest BCUT2D eigenvalue weighted by atomic mass is 19.4. The summed E-state index contributed by atoms with van der Waals surface area (Å²) in [5.41, 5.74) is 2.12. The van der Waals surface area contributed by atoms with E-state index in [9.17, 15) is 22.8 Å². The van der Waals surface area contributed by atoms with E-state index < -0.39 is 12.2 Å². The van der Waals surface area contributed by atoms with Gasteiger partial charge in [0.05, 0.1) is 22.5 Å². The average Bonchev–Trinajstić information content (AvgIpc) is 3.33. The van der Waals surface area contributed by atoms with Gasteiger partial charge in [-0.05, 0) is 50.5 Å². The van der Waals surface area contributed by atoms with Crippen LogP contribution in [0.5, 0.6) is 0 Å². The molecule has 1 aliphatic heterocycles. The number of rotatable bonds is 3. The van der Waals surface area contributed by atoms with Gasteiger partial charge >= 0.3 is 6.18 Å². The first-order chi connectivity index (χ1) is 14.2. The van der Waals surface area contributed by atoms with Crippen LogP contribution in [0.4, 0.5) is 17.6 Å². The van der Waals surface area contributed by atoms with Crippen molar-refractivity contribution in [1.82, 2.24) is 9.47 Å². The third-order valence-electron chi connectivity index (χ3n) is 6.27. The molecular weight excluding hydrogens is 394 g/mol. The zero-order valence-electron chi connectivity index (χ0n) is 16.9. The van der Waals surface area contributed by atoms with Gasteiger partial charge in [0.1, 0.15) is 17.9 Å². The standard InChI is InChI=1S/C23H23F4N3/c1-14-11-17-18(13-28)22(20-9-5-6-10-29(20)15(2)23(25,26)27)30(16-7-3-4-8-16)21(17)12-19(14)24/h5-6,9,11-12,15-16H,3-4,7-8,10H2,1-2H3/t15-/m0/s1. The number of halogens is 4. The number of hydrogen-bond acceptors (Lipinski definition) is 2. The molecule has 2 aromatic rings. The minimum atomic E-state index is -4.41. The van der Waals surface area contributed by atoms with Gasteiger partial charge in [-0.25, -0.2) is 4.39 Å². The van der Waals surface area contributed by atoms with Crippen LogP contribution in [0.1, 0.15) is 55.5 Å². The van der Waals surface area contributed by atoms with Gasteiger partial charge in [0, 0.05) is 18.0 Å². The number of allylic oxidation sites excluding steroid dienone is 2.